The molecule has 1 fully saturated rings. The van der Waals surface area contributed by atoms with Crippen LogP contribution in [-0.4, -0.2) is 23.4 Å². The first kappa shape index (κ1) is 12.4. The first-order valence-corrected chi connectivity index (χ1v) is 6.41. The summed E-state index contributed by atoms with van der Waals surface area (Å²) in [6, 6.07) is 1.29. The fourth-order valence-electron chi connectivity index (χ4n) is 1.44. The molecule has 5 nitrogen and oxygen atoms in total. The second-order valence-electron chi connectivity index (χ2n) is 3.31. The number of nitrogens with zero attached hydrogens (tertiary/aromatic N) is 1. The van der Waals surface area contributed by atoms with Crippen molar-refractivity contribution >= 4 is 49.9 Å². The molecule has 1 aliphatic heterocycles. The van der Waals surface area contributed by atoms with Crippen LogP contribution < -0.4 is 5.32 Å². The molecule has 2 rings (SSSR count). The van der Waals surface area contributed by atoms with E-state index in [4.69, 9.17) is 4.42 Å². The smallest absolute Gasteiger partial charge is 0.328 e. The SMILES string of the molecule is CCN1C(=O)N/C(=C/c2cc(Br)c(Br)o2)C1=O. The molecule has 1 aromatic rings. The fraction of sp³-hybridized carbons (Fsp3) is 0.200. The minimum absolute atomic E-state index is 0.214. The molecule has 0 unspecified atom stereocenters. The molecule has 7 heteroatoms. The van der Waals surface area contributed by atoms with E-state index in [1.165, 1.54) is 6.08 Å². The molecule has 0 atom stereocenters. The number of hydrogen-bond donors (Lipinski definition) is 1. The first-order valence-electron chi connectivity index (χ1n) is 4.82. The molecule has 2 heterocycles. The van der Waals surface area contributed by atoms with Crippen LogP contribution in [0.25, 0.3) is 6.08 Å². The van der Waals surface area contributed by atoms with Crippen LogP contribution in [0.15, 0.2) is 25.3 Å². The molecular weight excluding hydrogens is 356 g/mol. The molecule has 1 aliphatic rings. The maximum Gasteiger partial charge on any atom is 0.328 e. The Bertz CT molecular complexity index is 502. The molecule has 0 aromatic carbocycles. The van der Waals surface area contributed by atoms with Crippen molar-refractivity contribution < 1.29 is 14.0 Å². The Morgan fingerprint density at radius 3 is 2.65 bits per heavy atom. The number of rotatable bonds is 2. The van der Waals surface area contributed by atoms with Gasteiger partial charge in [0.05, 0.1) is 4.47 Å². The number of urea groups is 1. The standard InChI is InChI=1S/C10H8Br2N2O3/c1-2-14-9(15)7(13-10(14)16)4-5-3-6(11)8(12)17-5/h3-4H,2H2,1H3,(H,13,16)/b7-4+. The minimum atomic E-state index is -0.409. The van der Waals surface area contributed by atoms with Crippen LogP contribution in [0.3, 0.4) is 0 Å². The highest BCUT2D eigenvalue weighted by atomic mass is 79.9. The monoisotopic (exact) mass is 362 g/mol. The van der Waals surface area contributed by atoms with Gasteiger partial charge in [-0.05, 0) is 44.8 Å². The summed E-state index contributed by atoms with van der Waals surface area (Å²) in [5.74, 6) is 0.131. The van der Waals surface area contributed by atoms with Crippen molar-refractivity contribution in [2.24, 2.45) is 0 Å². The lowest BCUT2D eigenvalue weighted by Crippen LogP contribution is -2.30. The van der Waals surface area contributed by atoms with Crippen LogP contribution in [0.5, 0.6) is 0 Å². The van der Waals surface area contributed by atoms with E-state index in [1.54, 1.807) is 13.0 Å². The van der Waals surface area contributed by atoms with E-state index in [0.29, 0.717) is 17.0 Å². The zero-order valence-corrected chi connectivity index (χ0v) is 12.0. The number of likely N-dealkylation sites (N-methyl/N-ethyl adjacent to an activating group) is 1. The van der Waals surface area contributed by atoms with E-state index in [0.717, 1.165) is 9.37 Å². The van der Waals surface area contributed by atoms with Gasteiger partial charge >= 0.3 is 6.03 Å². The molecule has 17 heavy (non-hydrogen) atoms. The quantitative estimate of drug-likeness (QED) is 0.649. The van der Waals surface area contributed by atoms with Crippen LogP contribution >= 0.6 is 31.9 Å². The summed E-state index contributed by atoms with van der Waals surface area (Å²) in [6.07, 6.45) is 1.49. The lowest BCUT2D eigenvalue weighted by atomic mass is 10.3. The largest absolute Gasteiger partial charge is 0.449 e. The Morgan fingerprint density at radius 1 is 1.47 bits per heavy atom. The van der Waals surface area contributed by atoms with Crippen LogP contribution in [0.2, 0.25) is 0 Å². The topological polar surface area (TPSA) is 62.6 Å². The lowest BCUT2D eigenvalue weighted by molar-refractivity contribution is -0.122. The van der Waals surface area contributed by atoms with Crippen molar-refractivity contribution in [2.75, 3.05) is 6.54 Å². The van der Waals surface area contributed by atoms with Gasteiger partial charge in [-0.25, -0.2) is 4.79 Å². The highest BCUT2D eigenvalue weighted by Gasteiger charge is 2.32. The van der Waals surface area contributed by atoms with Crippen molar-refractivity contribution in [3.05, 3.63) is 26.7 Å². The number of imide groups is 1. The molecule has 1 N–H and O–H groups in total. The average Bonchev–Trinajstić information content (AvgIpc) is 2.70. The number of furan rings is 1. The molecular formula is C10H8Br2N2O3. The number of carbonyl (C=O) groups excluding carboxylic acids is 2. The maximum absolute atomic E-state index is 11.8. The number of hydrogen-bond acceptors (Lipinski definition) is 3. The molecule has 0 saturated carbocycles. The Morgan fingerprint density at radius 2 is 2.18 bits per heavy atom. The van der Waals surface area contributed by atoms with Gasteiger partial charge in [-0.1, -0.05) is 0 Å². The van der Waals surface area contributed by atoms with E-state index in [1.807, 2.05) is 0 Å². The highest BCUT2D eigenvalue weighted by molar-refractivity contribution is 9.13. The first-order chi connectivity index (χ1) is 8.02. The fourth-order valence-corrected chi connectivity index (χ4v) is 2.04. The second kappa shape index (κ2) is 4.66. The molecule has 0 spiro atoms. The van der Waals surface area contributed by atoms with Crippen molar-refractivity contribution in [2.45, 2.75) is 6.92 Å². The van der Waals surface area contributed by atoms with Crippen LogP contribution in [0.4, 0.5) is 4.79 Å². The Kier molecular flexibility index (Phi) is 3.39. The highest BCUT2D eigenvalue weighted by Crippen LogP contribution is 2.28. The normalized spacial score (nSPS) is 18.1. The Balaban J connectivity index is 2.30. The second-order valence-corrected chi connectivity index (χ2v) is 4.88. The van der Waals surface area contributed by atoms with E-state index in [-0.39, 0.29) is 11.6 Å². The summed E-state index contributed by atoms with van der Waals surface area (Å²) in [4.78, 5) is 24.3. The summed E-state index contributed by atoms with van der Waals surface area (Å²) >= 11 is 6.46. The van der Waals surface area contributed by atoms with E-state index < -0.39 is 6.03 Å². The van der Waals surface area contributed by atoms with Gasteiger partial charge in [0.25, 0.3) is 5.91 Å². The number of halogens is 2. The Hall–Kier alpha value is -1.08. The van der Waals surface area contributed by atoms with E-state index in [2.05, 4.69) is 37.2 Å². The van der Waals surface area contributed by atoms with Crippen LogP contribution in [0.1, 0.15) is 12.7 Å². The van der Waals surface area contributed by atoms with Gasteiger partial charge in [0.1, 0.15) is 11.5 Å². The summed E-state index contributed by atoms with van der Waals surface area (Å²) < 4.78 is 6.58. The molecule has 1 aromatic heterocycles. The van der Waals surface area contributed by atoms with Crippen molar-refractivity contribution in [3.8, 4) is 0 Å². The zero-order valence-electron chi connectivity index (χ0n) is 8.79. The van der Waals surface area contributed by atoms with Gasteiger partial charge in [0.2, 0.25) is 0 Å². The molecule has 0 bridgehead atoms. The number of nitrogens with one attached hydrogen (secondary N) is 1. The number of carbonyl (C=O) groups is 2. The Labute approximate surface area is 114 Å². The van der Waals surface area contributed by atoms with E-state index in [9.17, 15) is 9.59 Å². The van der Waals surface area contributed by atoms with Crippen molar-refractivity contribution in [1.29, 1.82) is 0 Å². The van der Waals surface area contributed by atoms with Gasteiger partial charge in [0.15, 0.2) is 4.67 Å². The average molecular weight is 364 g/mol. The lowest BCUT2D eigenvalue weighted by Gasteiger charge is -2.05. The minimum Gasteiger partial charge on any atom is -0.449 e. The molecule has 0 aliphatic carbocycles. The van der Waals surface area contributed by atoms with Crippen molar-refractivity contribution in [1.82, 2.24) is 10.2 Å². The predicted octanol–water partition coefficient (Wildman–Crippen LogP) is 2.72. The van der Waals surface area contributed by atoms with Gasteiger partial charge < -0.3 is 9.73 Å². The van der Waals surface area contributed by atoms with Crippen molar-refractivity contribution in [3.63, 3.8) is 0 Å². The van der Waals surface area contributed by atoms with Gasteiger partial charge in [-0.15, -0.1) is 0 Å². The summed E-state index contributed by atoms with van der Waals surface area (Å²) in [7, 11) is 0. The van der Waals surface area contributed by atoms with Gasteiger partial charge in [-0.3, -0.25) is 9.69 Å². The maximum atomic E-state index is 11.8. The van der Waals surface area contributed by atoms with Crippen LogP contribution in [-0.2, 0) is 4.79 Å². The molecule has 90 valence electrons. The van der Waals surface area contributed by atoms with Crippen LogP contribution in [0, 0.1) is 0 Å². The third kappa shape index (κ3) is 2.30. The van der Waals surface area contributed by atoms with Gasteiger partial charge in [0, 0.05) is 12.6 Å². The van der Waals surface area contributed by atoms with E-state index >= 15 is 0 Å². The summed E-state index contributed by atoms with van der Waals surface area (Å²) in [5, 5.41) is 2.49. The predicted molar refractivity (Wildman–Crippen MR) is 68.0 cm³/mol. The zero-order chi connectivity index (χ0) is 12.6. The molecule has 0 radical (unpaired) electrons. The summed E-state index contributed by atoms with van der Waals surface area (Å²) in [5.41, 5.74) is 0.214. The van der Waals surface area contributed by atoms with Gasteiger partial charge in [-0.2, -0.15) is 0 Å². The molecule has 3 amide bonds. The molecule has 1 saturated heterocycles. The number of amides is 3. The third-order valence-corrected chi connectivity index (χ3v) is 3.94. The summed E-state index contributed by atoms with van der Waals surface area (Å²) in [6.45, 7) is 2.08. The third-order valence-electron chi connectivity index (χ3n) is 2.23.